The molecule has 1 rings (SSSR count). The first-order valence-corrected chi connectivity index (χ1v) is 4.26. The molecular weight excluding hydrogens is 140 g/mol. The van der Waals surface area contributed by atoms with Crippen molar-refractivity contribution in [2.24, 2.45) is 17.4 Å². The average molecular weight is 156 g/mol. The summed E-state index contributed by atoms with van der Waals surface area (Å²) in [6.45, 7) is 0. The van der Waals surface area contributed by atoms with Gasteiger partial charge in [0.05, 0.1) is 6.04 Å². The van der Waals surface area contributed by atoms with Gasteiger partial charge >= 0.3 is 0 Å². The van der Waals surface area contributed by atoms with Crippen molar-refractivity contribution in [2.45, 2.75) is 38.1 Å². The molecule has 1 atom stereocenters. The summed E-state index contributed by atoms with van der Waals surface area (Å²) in [6, 6.07) is -0.407. The second-order valence-electron chi connectivity index (χ2n) is 3.33. The summed E-state index contributed by atoms with van der Waals surface area (Å²) in [5.41, 5.74) is 10.7. The zero-order valence-electron chi connectivity index (χ0n) is 6.75. The molecule has 0 heterocycles. The van der Waals surface area contributed by atoms with E-state index in [4.69, 9.17) is 11.5 Å². The first kappa shape index (κ1) is 8.53. The lowest BCUT2D eigenvalue weighted by molar-refractivity contribution is -0.120. The van der Waals surface area contributed by atoms with E-state index < -0.39 is 6.04 Å². The van der Waals surface area contributed by atoms with Gasteiger partial charge in [0.15, 0.2) is 0 Å². The Morgan fingerprint density at radius 3 is 2.27 bits per heavy atom. The van der Waals surface area contributed by atoms with E-state index in [-0.39, 0.29) is 5.91 Å². The number of carbonyl (C=O) groups excluding carboxylic acids is 1. The molecule has 0 saturated heterocycles. The molecule has 0 aliphatic heterocycles. The summed E-state index contributed by atoms with van der Waals surface area (Å²) >= 11 is 0. The highest BCUT2D eigenvalue weighted by atomic mass is 16.1. The molecule has 11 heavy (non-hydrogen) atoms. The number of hydrogen-bond acceptors (Lipinski definition) is 2. The van der Waals surface area contributed by atoms with E-state index in [1.54, 1.807) is 0 Å². The molecule has 1 fully saturated rings. The third-order valence-corrected chi connectivity index (χ3v) is 2.49. The quantitative estimate of drug-likeness (QED) is 0.606. The molecule has 0 aromatic carbocycles. The van der Waals surface area contributed by atoms with Crippen LogP contribution in [-0.2, 0) is 4.79 Å². The standard InChI is InChI=1S/C8H16N2O/c9-7(8(10)11)6-4-2-1-3-5-6/h6-7H,1-5,9H2,(H2,10,11)/t7-/m1/s1. The van der Waals surface area contributed by atoms with Gasteiger partial charge in [-0.3, -0.25) is 4.79 Å². The fourth-order valence-corrected chi connectivity index (χ4v) is 1.73. The molecular formula is C8H16N2O. The molecule has 1 aliphatic carbocycles. The van der Waals surface area contributed by atoms with Gasteiger partial charge in [-0.15, -0.1) is 0 Å². The first-order chi connectivity index (χ1) is 5.22. The molecule has 1 amide bonds. The van der Waals surface area contributed by atoms with Crippen LogP contribution in [0.2, 0.25) is 0 Å². The Morgan fingerprint density at radius 2 is 1.82 bits per heavy atom. The van der Waals surface area contributed by atoms with Gasteiger partial charge in [0.2, 0.25) is 5.91 Å². The van der Waals surface area contributed by atoms with Gasteiger partial charge in [0.1, 0.15) is 0 Å². The minimum atomic E-state index is -0.407. The fraction of sp³-hybridized carbons (Fsp3) is 0.875. The van der Waals surface area contributed by atoms with Crippen LogP contribution in [0.25, 0.3) is 0 Å². The van der Waals surface area contributed by atoms with Gasteiger partial charge in [-0.2, -0.15) is 0 Å². The second kappa shape index (κ2) is 3.72. The second-order valence-corrected chi connectivity index (χ2v) is 3.33. The maximum Gasteiger partial charge on any atom is 0.234 e. The number of amides is 1. The maximum atomic E-state index is 10.7. The van der Waals surface area contributed by atoms with E-state index in [1.807, 2.05) is 0 Å². The van der Waals surface area contributed by atoms with Crippen molar-refractivity contribution in [3.8, 4) is 0 Å². The minimum absolute atomic E-state index is 0.348. The number of hydrogen-bond donors (Lipinski definition) is 2. The van der Waals surface area contributed by atoms with E-state index in [0.29, 0.717) is 5.92 Å². The molecule has 3 nitrogen and oxygen atoms in total. The Hall–Kier alpha value is -0.570. The molecule has 3 heteroatoms. The molecule has 0 bridgehead atoms. The van der Waals surface area contributed by atoms with E-state index in [0.717, 1.165) is 12.8 Å². The molecule has 1 aliphatic rings. The van der Waals surface area contributed by atoms with Gasteiger partial charge in [-0.05, 0) is 18.8 Å². The molecule has 1 saturated carbocycles. The highest BCUT2D eigenvalue weighted by Crippen LogP contribution is 2.25. The lowest BCUT2D eigenvalue weighted by atomic mass is 9.84. The van der Waals surface area contributed by atoms with E-state index in [1.165, 1.54) is 19.3 Å². The first-order valence-electron chi connectivity index (χ1n) is 4.26. The maximum absolute atomic E-state index is 10.7. The summed E-state index contributed by atoms with van der Waals surface area (Å²) in [4.78, 5) is 10.7. The topological polar surface area (TPSA) is 69.1 Å². The third-order valence-electron chi connectivity index (χ3n) is 2.49. The predicted molar refractivity (Wildman–Crippen MR) is 43.7 cm³/mol. The van der Waals surface area contributed by atoms with Gasteiger partial charge in [0.25, 0.3) is 0 Å². The Bertz CT molecular complexity index is 141. The third kappa shape index (κ3) is 2.19. The monoisotopic (exact) mass is 156 g/mol. The van der Waals surface area contributed by atoms with E-state index in [9.17, 15) is 4.79 Å². The lowest BCUT2D eigenvalue weighted by Gasteiger charge is -2.24. The van der Waals surface area contributed by atoms with Gasteiger partial charge in [0, 0.05) is 0 Å². The minimum Gasteiger partial charge on any atom is -0.368 e. The summed E-state index contributed by atoms with van der Waals surface area (Å²) in [5, 5.41) is 0. The van der Waals surface area contributed by atoms with Crippen LogP contribution in [0.5, 0.6) is 0 Å². The van der Waals surface area contributed by atoms with Crippen LogP contribution < -0.4 is 11.5 Å². The normalized spacial score (nSPS) is 23.0. The number of rotatable bonds is 2. The average Bonchev–Trinajstić information content (AvgIpc) is 2.05. The van der Waals surface area contributed by atoms with Crippen molar-refractivity contribution in [3.05, 3.63) is 0 Å². The molecule has 0 spiro atoms. The Kier molecular flexibility index (Phi) is 2.88. The van der Waals surface area contributed by atoms with Crippen LogP contribution in [-0.4, -0.2) is 11.9 Å². The number of nitrogens with two attached hydrogens (primary N) is 2. The number of primary amides is 1. The van der Waals surface area contributed by atoms with Crippen molar-refractivity contribution < 1.29 is 4.79 Å². The lowest BCUT2D eigenvalue weighted by Crippen LogP contribution is -2.43. The van der Waals surface area contributed by atoms with Crippen LogP contribution in [0.4, 0.5) is 0 Å². The zero-order valence-corrected chi connectivity index (χ0v) is 6.75. The largest absolute Gasteiger partial charge is 0.368 e. The van der Waals surface area contributed by atoms with Crippen molar-refractivity contribution in [1.29, 1.82) is 0 Å². The van der Waals surface area contributed by atoms with Gasteiger partial charge < -0.3 is 11.5 Å². The van der Waals surface area contributed by atoms with Crippen molar-refractivity contribution >= 4 is 5.91 Å². The van der Waals surface area contributed by atoms with Gasteiger partial charge in [-0.1, -0.05) is 19.3 Å². The molecule has 0 unspecified atom stereocenters. The highest BCUT2D eigenvalue weighted by molar-refractivity contribution is 5.79. The van der Waals surface area contributed by atoms with Crippen LogP contribution in [0, 0.1) is 5.92 Å². The van der Waals surface area contributed by atoms with Crippen LogP contribution in [0.1, 0.15) is 32.1 Å². The Labute approximate surface area is 67.1 Å². The van der Waals surface area contributed by atoms with Crippen LogP contribution in [0.15, 0.2) is 0 Å². The van der Waals surface area contributed by atoms with Crippen molar-refractivity contribution in [2.75, 3.05) is 0 Å². The van der Waals surface area contributed by atoms with Crippen LogP contribution >= 0.6 is 0 Å². The molecule has 64 valence electrons. The predicted octanol–water partition coefficient (Wildman–Crippen LogP) is 0.379. The molecule has 0 aromatic rings. The number of carbonyl (C=O) groups is 1. The van der Waals surface area contributed by atoms with Gasteiger partial charge in [-0.25, -0.2) is 0 Å². The molecule has 0 aromatic heterocycles. The van der Waals surface area contributed by atoms with Crippen molar-refractivity contribution in [3.63, 3.8) is 0 Å². The Balaban J connectivity index is 2.38. The summed E-state index contributed by atoms with van der Waals surface area (Å²) in [7, 11) is 0. The summed E-state index contributed by atoms with van der Waals surface area (Å²) < 4.78 is 0. The van der Waals surface area contributed by atoms with Crippen LogP contribution in [0.3, 0.4) is 0 Å². The SMILES string of the molecule is NC(=O)[C@H](N)C1CCCCC1. The Morgan fingerprint density at radius 1 is 1.27 bits per heavy atom. The zero-order chi connectivity index (χ0) is 8.27. The smallest absolute Gasteiger partial charge is 0.234 e. The van der Waals surface area contributed by atoms with Crippen molar-refractivity contribution in [1.82, 2.24) is 0 Å². The molecule has 0 radical (unpaired) electrons. The molecule has 4 N–H and O–H groups in total. The summed E-state index contributed by atoms with van der Waals surface area (Å²) in [6.07, 6.45) is 5.83. The van der Waals surface area contributed by atoms with E-state index >= 15 is 0 Å². The summed E-state index contributed by atoms with van der Waals surface area (Å²) in [5.74, 6) is -0.00171. The fourth-order valence-electron chi connectivity index (χ4n) is 1.73. The van der Waals surface area contributed by atoms with E-state index in [2.05, 4.69) is 0 Å². The highest BCUT2D eigenvalue weighted by Gasteiger charge is 2.23.